The number of aromatic nitrogens is 1. The number of anilines is 1. The number of aryl methyl sites for hydroxylation is 2. The van der Waals surface area contributed by atoms with E-state index in [1.807, 2.05) is 31.2 Å². The first-order valence-electron chi connectivity index (χ1n) is 7.29. The molecule has 5 nitrogen and oxygen atoms in total. The van der Waals surface area contributed by atoms with Crippen molar-refractivity contribution in [2.75, 3.05) is 19.0 Å². The third-order valence-electron chi connectivity index (χ3n) is 3.11. The summed E-state index contributed by atoms with van der Waals surface area (Å²) in [7, 11) is 1.64. The van der Waals surface area contributed by atoms with Gasteiger partial charge in [-0.05, 0) is 50.5 Å². The number of hydrogen-bond donors (Lipinski definition) is 2. The zero-order valence-corrected chi connectivity index (χ0v) is 16.6. The van der Waals surface area contributed by atoms with Crippen LogP contribution in [0.5, 0.6) is 5.75 Å². The van der Waals surface area contributed by atoms with Gasteiger partial charge >= 0.3 is 0 Å². The van der Waals surface area contributed by atoms with Crippen molar-refractivity contribution in [1.29, 1.82) is 0 Å². The molecule has 0 radical (unpaired) electrons. The van der Waals surface area contributed by atoms with Crippen LogP contribution in [0.15, 0.2) is 34.6 Å². The Hall–Kier alpha value is -1.35. The van der Waals surface area contributed by atoms with Gasteiger partial charge in [0.1, 0.15) is 5.75 Å². The van der Waals surface area contributed by atoms with Gasteiger partial charge in [0.25, 0.3) is 0 Å². The lowest BCUT2D eigenvalue weighted by Gasteiger charge is -2.06. The average Bonchev–Trinajstić information content (AvgIpc) is 2.93. The fourth-order valence-electron chi connectivity index (χ4n) is 1.97. The second-order valence-corrected chi connectivity index (χ2v) is 5.90. The number of unbranched alkanes of at least 4 members (excludes halogenated alkanes) is 1. The van der Waals surface area contributed by atoms with Crippen LogP contribution in [-0.4, -0.2) is 24.6 Å². The van der Waals surface area contributed by atoms with Crippen LogP contribution in [0.1, 0.15) is 23.5 Å². The molecule has 0 aliphatic carbocycles. The van der Waals surface area contributed by atoms with E-state index >= 15 is 0 Å². The zero-order chi connectivity index (χ0) is 15.8. The van der Waals surface area contributed by atoms with Gasteiger partial charge < -0.3 is 15.8 Å². The van der Waals surface area contributed by atoms with E-state index in [0.717, 1.165) is 42.9 Å². The molecule has 1 heterocycles. The van der Waals surface area contributed by atoms with Gasteiger partial charge in [0.2, 0.25) is 0 Å². The summed E-state index contributed by atoms with van der Waals surface area (Å²) in [5.74, 6) is 1.26. The lowest BCUT2D eigenvalue weighted by atomic mass is 10.2. The highest BCUT2D eigenvalue weighted by molar-refractivity contribution is 14.0. The van der Waals surface area contributed by atoms with Gasteiger partial charge in [0, 0.05) is 23.3 Å². The molecule has 1 aromatic carbocycles. The first-order valence-corrected chi connectivity index (χ1v) is 8.17. The SMILES string of the molecule is COc1ccc(NC(N)=NCCCCc2nc(C)cs2)cc1.I. The molecule has 0 bridgehead atoms. The summed E-state index contributed by atoms with van der Waals surface area (Å²) in [5.41, 5.74) is 7.88. The van der Waals surface area contributed by atoms with E-state index in [-0.39, 0.29) is 24.0 Å². The molecule has 3 N–H and O–H groups in total. The van der Waals surface area contributed by atoms with Crippen LogP contribution in [0.2, 0.25) is 0 Å². The summed E-state index contributed by atoms with van der Waals surface area (Å²) >= 11 is 1.72. The molecule has 0 spiro atoms. The minimum Gasteiger partial charge on any atom is -0.497 e. The number of nitrogens with two attached hydrogens (primary N) is 1. The van der Waals surface area contributed by atoms with Gasteiger partial charge in [0.05, 0.1) is 12.1 Å². The summed E-state index contributed by atoms with van der Waals surface area (Å²) < 4.78 is 5.11. The third-order valence-corrected chi connectivity index (χ3v) is 4.14. The Labute approximate surface area is 158 Å². The molecule has 126 valence electrons. The quantitative estimate of drug-likeness (QED) is 0.294. The van der Waals surface area contributed by atoms with Gasteiger partial charge in [0.15, 0.2) is 5.96 Å². The number of rotatable bonds is 7. The molecular formula is C16H23IN4OS. The predicted octanol–water partition coefficient (Wildman–Crippen LogP) is 3.83. The lowest BCUT2D eigenvalue weighted by molar-refractivity contribution is 0.415. The summed E-state index contributed by atoms with van der Waals surface area (Å²) in [6, 6.07) is 7.58. The number of nitrogens with one attached hydrogen (secondary N) is 1. The van der Waals surface area contributed by atoms with Crippen LogP contribution in [0.25, 0.3) is 0 Å². The molecule has 0 atom stereocenters. The molecule has 7 heteroatoms. The number of methoxy groups -OCH3 is 1. The predicted molar refractivity (Wildman–Crippen MR) is 108 cm³/mol. The van der Waals surface area contributed by atoms with Crippen molar-refractivity contribution in [3.63, 3.8) is 0 Å². The van der Waals surface area contributed by atoms with E-state index < -0.39 is 0 Å². The Balaban J connectivity index is 0.00000264. The highest BCUT2D eigenvalue weighted by atomic mass is 127. The standard InChI is InChI=1S/C16H22N4OS.HI/c1-12-11-22-15(19-12)5-3-4-10-18-16(17)20-13-6-8-14(21-2)9-7-13;/h6-9,11H,3-5,10H2,1-2H3,(H3,17,18,20);1H. The normalized spacial score (nSPS) is 11.0. The van der Waals surface area contributed by atoms with Crippen LogP contribution in [0, 0.1) is 6.92 Å². The molecule has 0 aliphatic heterocycles. The van der Waals surface area contributed by atoms with Gasteiger partial charge in [-0.1, -0.05) is 0 Å². The topological polar surface area (TPSA) is 72.5 Å². The van der Waals surface area contributed by atoms with Crippen molar-refractivity contribution >= 4 is 47.0 Å². The molecule has 0 amide bonds. The summed E-state index contributed by atoms with van der Waals surface area (Å²) in [4.78, 5) is 8.78. The Morgan fingerprint density at radius 3 is 2.65 bits per heavy atom. The Kier molecular flexibility index (Phi) is 8.93. The molecule has 0 saturated carbocycles. The largest absolute Gasteiger partial charge is 0.497 e. The molecule has 2 rings (SSSR count). The molecule has 0 unspecified atom stereocenters. The second-order valence-electron chi connectivity index (χ2n) is 4.96. The molecule has 0 saturated heterocycles. The lowest BCUT2D eigenvalue weighted by Crippen LogP contribution is -2.22. The third kappa shape index (κ3) is 7.17. The molecule has 23 heavy (non-hydrogen) atoms. The van der Waals surface area contributed by atoms with Gasteiger partial charge in [-0.3, -0.25) is 4.99 Å². The van der Waals surface area contributed by atoms with Crippen LogP contribution < -0.4 is 15.8 Å². The number of aliphatic imine (C=N–C) groups is 1. The van der Waals surface area contributed by atoms with E-state index in [9.17, 15) is 0 Å². The number of thiazole rings is 1. The molecule has 1 aromatic heterocycles. The van der Waals surface area contributed by atoms with Gasteiger partial charge in [-0.15, -0.1) is 35.3 Å². The molecular weight excluding hydrogens is 423 g/mol. The molecule has 0 fully saturated rings. The van der Waals surface area contributed by atoms with E-state index in [2.05, 4.69) is 20.7 Å². The number of halogens is 1. The van der Waals surface area contributed by atoms with Crippen molar-refractivity contribution in [3.8, 4) is 5.75 Å². The van der Waals surface area contributed by atoms with E-state index in [1.165, 1.54) is 5.01 Å². The smallest absolute Gasteiger partial charge is 0.193 e. The second kappa shape index (κ2) is 10.4. The number of benzene rings is 1. The molecule has 0 aliphatic rings. The number of guanidine groups is 1. The average molecular weight is 446 g/mol. The van der Waals surface area contributed by atoms with Crippen LogP contribution in [0.4, 0.5) is 5.69 Å². The van der Waals surface area contributed by atoms with E-state index in [4.69, 9.17) is 10.5 Å². The maximum Gasteiger partial charge on any atom is 0.193 e. The van der Waals surface area contributed by atoms with E-state index in [1.54, 1.807) is 18.4 Å². The monoisotopic (exact) mass is 446 g/mol. The van der Waals surface area contributed by atoms with Crippen molar-refractivity contribution in [1.82, 2.24) is 4.98 Å². The van der Waals surface area contributed by atoms with Crippen molar-refractivity contribution in [2.24, 2.45) is 10.7 Å². The van der Waals surface area contributed by atoms with Crippen LogP contribution in [0.3, 0.4) is 0 Å². The summed E-state index contributed by atoms with van der Waals surface area (Å²) in [5, 5.41) is 6.35. The fraction of sp³-hybridized carbons (Fsp3) is 0.375. The van der Waals surface area contributed by atoms with Gasteiger partial charge in [-0.2, -0.15) is 0 Å². The highest BCUT2D eigenvalue weighted by Gasteiger charge is 1.99. The van der Waals surface area contributed by atoms with Crippen LogP contribution in [-0.2, 0) is 6.42 Å². The minimum absolute atomic E-state index is 0. The first kappa shape index (κ1) is 19.7. The Morgan fingerprint density at radius 2 is 2.04 bits per heavy atom. The van der Waals surface area contributed by atoms with Gasteiger partial charge in [-0.25, -0.2) is 4.98 Å². The van der Waals surface area contributed by atoms with Crippen molar-refractivity contribution in [3.05, 3.63) is 40.3 Å². The maximum atomic E-state index is 5.87. The maximum absolute atomic E-state index is 5.87. The Morgan fingerprint density at radius 1 is 1.30 bits per heavy atom. The minimum atomic E-state index is 0. The van der Waals surface area contributed by atoms with E-state index in [0.29, 0.717) is 5.96 Å². The summed E-state index contributed by atoms with van der Waals surface area (Å²) in [6.07, 6.45) is 3.09. The number of nitrogens with zero attached hydrogens (tertiary/aromatic N) is 2. The molecule has 2 aromatic rings. The Bertz CT molecular complexity index is 613. The van der Waals surface area contributed by atoms with Crippen molar-refractivity contribution < 1.29 is 4.74 Å². The number of ether oxygens (including phenoxy) is 1. The summed E-state index contributed by atoms with van der Waals surface area (Å²) in [6.45, 7) is 2.75. The van der Waals surface area contributed by atoms with Crippen LogP contribution >= 0.6 is 35.3 Å². The highest BCUT2D eigenvalue weighted by Crippen LogP contribution is 2.14. The first-order chi connectivity index (χ1) is 10.7. The number of hydrogen-bond acceptors (Lipinski definition) is 4. The van der Waals surface area contributed by atoms with Crippen molar-refractivity contribution in [2.45, 2.75) is 26.2 Å². The zero-order valence-electron chi connectivity index (χ0n) is 13.4. The fourth-order valence-corrected chi connectivity index (χ4v) is 2.79.